The maximum Gasteiger partial charge on any atom is 0.472 e. The first-order chi connectivity index (χ1) is 50.1. The summed E-state index contributed by atoms with van der Waals surface area (Å²) >= 11 is 0. The average Bonchev–Trinajstić information content (AvgIpc) is 0.915. The second kappa shape index (κ2) is 76.8. The summed E-state index contributed by atoms with van der Waals surface area (Å²) in [4.78, 5) is 72.8. The Morgan fingerprint density at radius 1 is 0.272 bits per heavy atom. The van der Waals surface area contributed by atoms with E-state index in [-0.39, 0.29) is 25.7 Å². The van der Waals surface area contributed by atoms with Gasteiger partial charge in [0.2, 0.25) is 0 Å². The first-order valence-corrected chi connectivity index (χ1v) is 46.7. The van der Waals surface area contributed by atoms with Gasteiger partial charge in [-0.2, -0.15) is 0 Å². The van der Waals surface area contributed by atoms with E-state index in [2.05, 4.69) is 34.6 Å². The maximum atomic E-state index is 13.1. The Balaban J connectivity index is 5.10. The van der Waals surface area contributed by atoms with Crippen molar-refractivity contribution in [2.75, 3.05) is 39.6 Å². The Labute approximate surface area is 632 Å². The van der Waals surface area contributed by atoms with Crippen molar-refractivity contribution in [2.24, 2.45) is 5.92 Å². The fraction of sp³-hybridized carbons (Fsp3) is 0.952. The van der Waals surface area contributed by atoms with Crippen LogP contribution in [0.5, 0.6) is 0 Å². The van der Waals surface area contributed by atoms with Crippen molar-refractivity contribution in [1.29, 1.82) is 0 Å². The van der Waals surface area contributed by atoms with Crippen LogP contribution in [0.25, 0.3) is 0 Å². The lowest BCUT2D eigenvalue weighted by molar-refractivity contribution is -0.161. The van der Waals surface area contributed by atoms with Gasteiger partial charge in [0, 0.05) is 25.7 Å². The van der Waals surface area contributed by atoms with E-state index in [0.29, 0.717) is 25.7 Å². The molecule has 0 aliphatic carbocycles. The molecule has 6 atom stereocenters. The number of rotatable bonds is 84. The molecule has 19 heteroatoms. The molecule has 103 heavy (non-hydrogen) atoms. The van der Waals surface area contributed by atoms with Crippen LogP contribution >= 0.6 is 15.6 Å². The minimum atomic E-state index is -4.96. The van der Waals surface area contributed by atoms with Crippen LogP contribution in [-0.2, 0) is 65.4 Å². The number of esters is 4. The number of ether oxygens (including phenoxy) is 4. The number of phosphoric ester groups is 2. The van der Waals surface area contributed by atoms with Crippen LogP contribution in [0.3, 0.4) is 0 Å². The summed E-state index contributed by atoms with van der Waals surface area (Å²) in [5.41, 5.74) is 0. The van der Waals surface area contributed by atoms with Crippen molar-refractivity contribution in [1.82, 2.24) is 0 Å². The summed E-state index contributed by atoms with van der Waals surface area (Å²) in [5.74, 6) is -1.27. The lowest BCUT2D eigenvalue weighted by atomic mass is 9.99. The largest absolute Gasteiger partial charge is 0.472 e. The van der Waals surface area contributed by atoms with E-state index >= 15 is 0 Å². The summed E-state index contributed by atoms with van der Waals surface area (Å²) < 4.78 is 68.6. The minimum absolute atomic E-state index is 0.107. The van der Waals surface area contributed by atoms with Crippen molar-refractivity contribution in [3.8, 4) is 0 Å². The second-order valence-corrected chi connectivity index (χ2v) is 33.4. The van der Waals surface area contributed by atoms with Crippen LogP contribution < -0.4 is 0 Å². The van der Waals surface area contributed by atoms with E-state index in [9.17, 15) is 43.2 Å². The third kappa shape index (κ3) is 76.6. The third-order valence-corrected chi connectivity index (χ3v) is 22.0. The molecule has 0 aliphatic heterocycles. The fourth-order valence-electron chi connectivity index (χ4n) is 13.1. The summed E-state index contributed by atoms with van der Waals surface area (Å²) in [7, 11) is -9.91. The normalized spacial score (nSPS) is 14.1. The van der Waals surface area contributed by atoms with Crippen LogP contribution in [0.4, 0.5) is 0 Å². The zero-order chi connectivity index (χ0) is 75.5. The molecule has 3 N–H and O–H groups in total. The van der Waals surface area contributed by atoms with E-state index in [1.54, 1.807) is 0 Å². The molecule has 0 fully saturated rings. The van der Waals surface area contributed by atoms with Gasteiger partial charge < -0.3 is 33.8 Å². The Kier molecular flexibility index (Phi) is 75.4. The van der Waals surface area contributed by atoms with Crippen molar-refractivity contribution >= 4 is 39.5 Å². The molecule has 0 bridgehead atoms. The second-order valence-electron chi connectivity index (χ2n) is 30.5. The smallest absolute Gasteiger partial charge is 0.462 e. The third-order valence-electron chi connectivity index (χ3n) is 20.1. The SMILES string of the molecule is CCCCCCCCCCCCCCCCCCCCCCC(=O)OC[C@H](COP(=O)(O)OC[C@@H](O)COP(=O)(O)OC[C@@H](COC(=O)CCCCCCC)OC(=O)CCCCCCCCCCCCCCCCC(C)CC)OC(=O)CCCCCCCCCCCCCCCCCCCCCC. The molecule has 0 radical (unpaired) electrons. The van der Waals surface area contributed by atoms with Gasteiger partial charge in [-0.25, -0.2) is 9.13 Å². The highest BCUT2D eigenvalue weighted by molar-refractivity contribution is 7.47. The van der Waals surface area contributed by atoms with Gasteiger partial charge in [0.25, 0.3) is 0 Å². The molecule has 0 aromatic carbocycles. The summed E-state index contributed by atoms with van der Waals surface area (Å²) in [6.07, 6.45) is 69.9. The quantitative estimate of drug-likeness (QED) is 0.0222. The molecule has 0 amide bonds. The lowest BCUT2D eigenvalue weighted by Gasteiger charge is -2.21. The van der Waals surface area contributed by atoms with Crippen LogP contribution in [0.1, 0.15) is 452 Å². The number of carbonyl (C=O) groups excluding carboxylic acids is 4. The van der Waals surface area contributed by atoms with Gasteiger partial charge >= 0.3 is 39.5 Å². The summed E-state index contributed by atoms with van der Waals surface area (Å²) in [5, 5.41) is 10.6. The first-order valence-electron chi connectivity index (χ1n) is 43.7. The van der Waals surface area contributed by atoms with E-state index in [0.717, 1.165) is 102 Å². The molecular formula is C84H164O17P2. The number of phosphoric acid groups is 2. The average molecular weight is 1510 g/mol. The maximum absolute atomic E-state index is 13.1. The Morgan fingerprint density at radius 2 is 0.466 bits per heavy atom. The number of aliphatic hydroxyl groups is 1. The van der Waals surface area contributed by atoms with Crippen molar-refractivity contribution in [3.63, 3.8) is 0 Å². The van der Waals surface area contributed by atoms with Crippen molar-refractivity contribution in [3.05, 3.63) is 0 Å². The Bertz CT molecular complexity index is 1960. The van der Waals surface area contributed by atoms with Gasteiger partial charge in [0.15, 0.2) is 12.2 Å². The summed E-state index contributed by atoms with van der Waals surface area (Å²) in [6, 6.07) is 0. The highest BCUT2D eigenvalue weighted by Gasteiger charge is 2.30. The van der Waals surface area contributed by atoms with Crippen molar-refractivity contribution in [2.45, 2.75) is 470 Å². The monoisotopic (exact) mass is 1510 g/mol. The van der Waals surface area contributed by atoms with Gasteiger partial charge in [0.05, 0.1) is 26.4 Å². The molecule has 0 rings (SSSR count). The molecular weight excluding hydrogens is 1340 g/mol. The standard InChI is InChI=1S/C84H164O17P2/c1-6-10-13-16-18-20-22-24-26-28-30-32-34-36-41-45-49-53-58-63-68-82(87)95-74-80(101-84(89)70-65-59-54-50-46-42-37-35-33-31-29-27-25-23-21-19-17-14-11-7-2)76-99-103(92,93)97-72-78(85)71-96-102(90,91)98-75-79(73-94-81(86)67-62-56-15-12-8-3)100-83(88)69-64-60-55-51-47-43-39-38-40-44-48-52-57-61-66-77(5)9-4/h77-80,85H,6-76H2,1-5H3,(H,90,91)(H,92,93)/t77?,78-,79+,80+/m0/s1. The number of carbonyl (C=O) groups is 4. The number of hydrogen-bond acceptors (Lipinski definition) is 15. The highest BCUT2D eigenvalue weighted by Crippen LogP contribution is 2.45. The molecule has 0 aromatic rings. The first kappa shape index (κ1) is 101. The lowest BCUT2D eigenvalue weighted by Crippen LogP contribution is -2.30. The van der Waals surface area contributed by atoms with Gasteiger partial charge in [-0.15, -0.1) is 0 Å². The van der Waals surface area contributed by atoms with Crippen LogP contribution in [0, 0.1) is 5.92 Å². The highest BCUT2D eigenvalue weighted by atomic mass is 31.2. The summed E-state index contributed by atoms with van der Waals surface area (Å²) in [6.45, 7) is 7.31. The predicted molar refractivity (Wildman–Crippen MR) is 423 cm³/mol. The Hall–Kier alpha value is -1.94. The zero-order valence-corrected chi connectivity index (χ0v) is 69.3. The van der Waals surface area contributed by atoms with Gasteiger partial charge in [-0.3, -0.25) is 37.3 Å². The van der Waals surface area contributed by atoms with E-state index in [1.165, 1.54) is 270 Å². The molecule has 0 saturated heterocycles. The van der Waals surface area contributed by atoms with Crippen molar-refractivity contribution < 1.29 is 80.2 Å². The van der Waals surface area contributed by atoms with E-state index in [1.807, 2.05) is 0 Å². The number of aliphatic hydroxyl groups excluding tert-OH is 1. The van der Waals surface area contributed by atoms with Crippen LogP contribution in [-0.4, -0.2) is 96.7 Å². The molecule has 0 aromatic heterocycles. The van der Waals surface area contributed by atoms with Crippen LogP contribution in [0.2, 0.25) is 0 Å². The fourth-order valence-corrected chi connectivity index (χ4v) is 14.7. The predicted octanol–water partition coefficient (Wildman–Crippen LogP) is 25.6. The van der Waals surface area contributed by atoms with Crippen LogP contribution in [0.15, 0.2) is 0 Å². The molecule has 0 saturated carbocycles. The molecule has 0 aliphatic rings. The van der Waals surface area contributed by atoms with Gasteiger partial charge in [0.1, 0.15) is 19.3 Å². The van der Waals surface area contributed by atoms with Gasteiger partial charge in [-0.05, 0) is 31.6 Å². The molecule has 0 heterocycles. The minimum Gasteiger partial charge on any atom is -0.462 e. The topological polar surface area (TPSA) is 237 Å². The molecule has 3 unspecified atom stereocenters. The number of hydrogen-bond donors (Lipinski definition) is 3. The molecule has 17 nitrogen and oxygen atoms in total. The Morgan fingerprint density at radius 3 is 0.689 bits per heavy atom. The van der Waals surface area contributed by atoms with E-state index < -0.39 is 97.5 Å². The van der Waals surface area contributed by atoms with E-state index in [4.69, 9.17) is 37.0 Å². The zero-order valence-electron chi connectivity index (χ0n) is 67.5. The number of unbranched alkanes of at least 4 members (excludes halogenated alkanes) is 55. The molecule has 0 spiro atoms. The molecule has 612 valence electrons. The van der Waals surface area contributed by atoms with Gasteiger partial charge in [-0.1, -0.05) is 401 Å².